The molecule has 4 heterocycles. The zero-order chi connectivity index (χ0) is 23.2. The van der Waals surface area contributed by atoms with Crippen LogP contribution in [0.1, 0.15) is 35.4 Å². The van der Waals surface area contributed by atoms with Crippen molar-refractivity contribution in [2.24, 2.45) is 11.1 Å². The Morgan fingerprint density at radius 1 is 1.09 bits per heavy atom. The zero-order valence-corrected chi connectivity index (χ0v) is 20.0. The van der Waals surface area contributed by atoms with E-state index in [1.165, 1.54) is 22.0 Å². The fourth-order valence-electron chi connectivity index (χ4n) is 5.67. The molecule has 1 N–H and O–H groups in total. The Balaban J connectivity index is 1.11. The van der Waals surface area contributed by atoms with E-state index >= 15 is 0 Å². The molecule has 6 rings (SSSR count). The van der Waals surface area contributed by atoms with Gasteiger partial charge in [-0.15, -0.1) is 0 Å². The molecule has 178 valence electrons. The molecule has 7 nitrogen and oxygen atoms in total. The number of likely N-dealkylation sites (tertiary alicyclic amines) is 1. The summed E-state index contributed by atoms with van der Waals surface area (Å²) in [6, 6.07) is 10.5. The summed E-state index contributed by atoms with van der Waals surface area (Å²) in [5, 5.41) is 5.86. The van der Waals surface area contributed by atoms with Gasteiger partial charge in [0.1, 0.15) is 18.1 Å². The second kappa shape index (κ2) is 8.55. The van der Waals surface area contributed by atoms with Gasteiger partial charge >= 0.3 is 0 Å². The average molecular weight is 462 g/mol. The van der Waals surface area contributed by atoms with Gasteiger partial charge in [0.25, 0.3) is 0 Å². The van der Waals surface area contributed by atoms with Crippen LogP contribution in [0, 0.1) is 12.8 Å². The molecule has 7 heteroatoms. The van der Waals surface area contributed by atoms with Crippen LogP contribution in [0.4, 0.5) is 0 Å². The molecule has 0 radical (unpaired) electrons. The summed E-state index contributed by atoms with van der Waals surface area (Å²) in [4.78, 5) is 11.9. The number of nitrogens with one attached hydrogen (secondary N) is 1. The third kappa shape index (κ3) is 3.59. The van der Waals surface area contributed by atoms with Gasteiger partial charge in [-0.25, -0.2) is 0 Å². The summed E-state index contributed by atoms with van der Waals surface area (Å²) in [7, 11) is 3.27. The predicted molar refractivity (Wildman–Crippen MR) is 131 cm³/mol. The van der Waals surface area contributed by atoms with Crippen LogP contribution in [0.15, 0.2) is 41.7 Å². The number of fused-ring (bicyclic) bond motifs is 4. The van der Waals surface area contributed by atoms with E-state index in [1.807, 2.05) is 12.1 Å². The van der Waals surface area contributed by atoms with Crippen molar-refractivity contribution in [2.75, 3.05) is 40.5 Å². The summed E-state index contributed by atoms with van der Waals surface area (Å²) < 4.78 is 17.0. The molecule has 0 aliphatic carbocycles. The minimum Gasteiger partial charge on any atom is -0.493 e. The van der Waals surface area contributed by atoms with Crippen LogP contribution in [0.25, 0.3) is 10.9 Å². The largest absolute Gasteiger partial charge is 0.493 e. The van der Waals surface area contributed by atoms with Gasteiger partial charge in [0.2, 0.25) is 0 Å². The highest BCUT2D eigenvalue weighted by Crippen LogP contribution is 2.41. The highest BCUT2D eigenvalue weighted by atomic mass is 16.6. The number of hydrogen-bond donors (Lipinski definition) is 1. The standard InChI is InChI=1S/C27H31N3O4/c1-16-4-5-22-18(10-16)20(13-28-22)17-6-8-30(9-7-17)14-26-21-15-33-23-12-25(32-3)24(31-2)11-19(23)27(21)29-34-26/h4-5,10-13,17,21,26,28H,6-9,14-15H2,1-3H3. The Bertz CT molecular complexity index is 1240. The van der Waals surface area contributed by atoms with E-state index in [-0.39, 0.29) is 12.0 Å². The van der Waals surface area contributed by atoms with Crippen molar-refractivity contribution < 1.29 is 19.0 Å². The number of hydrogen-bond acceptors (Lipinski definition) is 6. The van der Waals surface area contributed by atoms with E-state index < -0.39 is 0 Å². The van der Waals surface area contributed by atoms with Crippen LogP contribution >= 0.6 is 0 Å². The molecule has 3 aliphatic rings. The molecule has 1 saturated heterocycles. The minimum atomic E-state index is 0.00327. The lowest BCUT2D eigenvalue weighted by Gasteiger charge is -2.34. The number of aromatic nitrogens is 1. The van der Waals surface area contributed by atoms with Crippen molar-refractivity contribution in [3.63, 3.8) is 0 Å². The number of piperidine rings is 1. The lowest BCUT2D eigenvalue weighted by molar-refractivity contribution is 0.0161. The van der Waals surface area contributed by atoms with Crippen LogP contribution in [0.2, 0.25) is 0 Å². The molecule has 2 atom stereocenters. The molecular weight excluding hydrogens is 430 g/mol. The van der Waals surface area contributed by atoms with Gasteiger partial charge in [0.05, 0.1) is 20.1 Å². The maximum absolute atomic E-state index is 6.10. The summed E-state index contributed by atoms with van der Waals surface area (Å²) in [6.45, 7) is 5.72. The third-order valence-electron chi connectivity index (χ3n) is 7.60. The monoisotopic (exact) mass is 461 g/mol. The predicted octanol–water partition coefficient (Wildman–Crippen LogP) is 4.48. The Hall–Kier alpha value is -3.19. The molecule has 0 spiro atoms. The maximum Gasteiger partial charge on any atom is 0.164 e. The van der Waals surface area contributed by atoms with Crippen LogP contribution < -0.4 is 14.2 Å². The summed E-state index contributed by atoms with van der Waals surface area (Å²) in [5.41, 5.74) is 5.90. The molecule has 0 bridgehead atoms. The summed E-state index contributed by atoms with van der Waals surface area (Å²) in [6.07, 6.45) is 4.53. The fraction of sp³-hybridized carbons (Fsp3) is 0.444. The SMILES string of the molecule is COc1cc2c(cc1OC)C1=NOC(CN3CCC(c4c[nH]c5ccc(C)cc45)CC3)C1CO2. The molecule has 3 aromatic rings. The number of rotatable bonds is 5. The first kappa shape index (κ1) is 21.4. The third-order valence-corrected chi connectivity index (χ3v) is 7.60. The molecular formula is C27H31N3O4. The topological polar surface area (TPSA) is 68.3 Å². The van der Waals surface area contributed by atoms with E-state index in [9.17, 15) is 0 Å². The lowest BCUT2D eigenvalue weighted by Crippen LogP contribution is -2.43. The van der Waals surface area contributed by atoms with Crippen molar-refractivity contribution in [1.29, 1.82) is 0 Å². The van der Waals surface area contributed by atoms with Crippen molar-refractivity contribution in [1.82, 2.24) is 9.88 Å². The molecule has 34 heavy (non-hydrogen) atoms. The highest BCUT2D eigenvalue weighted by Gasteiger charge is 2.41. The van der Waals surface area contributed by atoms with E-state index in [2.05, 4.69) is 46.4 Å². The van der Waals surface area contributed by atoms with Crippen molar-refractivity contribution >= 4 is 16.6 Å². The van der Waals surface area contributed by atoms with Gasteiger partial charge in [-0.05, 0) is 62.5 Å². The van der Waals surface area contributed by atoms with Gasteiger partial charge in [0.15, 0.2) is 17.6 Å². The number of ether oxygens (including phenoxy) is 3. The fourth-order valence-corrected chi connectivity index (χ4v) is 5.67. The second-order valence-corrected chi connectivity index (χ2v) is 9.61. The minimum absolute atomic E-state index is 0.00327. The molecule has 0 saturated carbocycles. The average Bonchev–Trinajstić information content (AvgIpc) is 3.47. The lowest BCUT2D eigenvalue weighted by atomic mass is 9.87. The number of benzene rings is 2. The Morgan fingerprint density at radius 2 is 1.88 bits per heavy atom. The van der Waals surface area contributed by atoms with Crippen molar-refractivity contribution in [3.05, 3.63) is 53.2 Å². The molecule has 3 aliphatic heterocycles. The summed E-state index contributed by atoms with van der Waals surface area (Å²) >= 11 is 0. The van der Waals surface area contributed by atoms with Crippen LogP contribution in [-0.4, -0.2) is 62.2 Å². The molecule has 0 amide bonds. The smallest absolute Gasteiger partial charge is 0.164 e. The van der Waals surface area contributed by atoms with Crippen LogP contribution in [0.5, 0.6) is 17.2 Å². The normalized spacial score (nSPS) is 22.5. The van der Waals surface area contributed by atoms with Gasteiger partial charge in [-0.1, -0.05) is 16.8 Å². The Labute approximate surface area is 199 Å². The van der Waals surface area contributed by atoms with E-state index in [1.54, 1.807) is 14.2 Å². The van der Waals surface area contributed by atoms with Gasteiger partial charge in [-0.2, -0.15) is 0 Å². The first-order valence-electron chi connectivity index (χ1n) is 12.1. The number of H-pyrrole nitrogens is 1. The number of nitrogens with zero attached hydrogens (tertiary/aromatic N) is 2. The zero-order valence-electron chi connectivity index (χ0n) is 20.0. The van der Waals surface area contributed by atoms with E-state index in [4.69, 9.17) is 19.0 Å². The molecule has 1 fully saturated rings. The number of methoxy groups -OCH3 is 2. The van der Waals surface area contributed by atoms with Gasteiger partial charge < -0.3 is 24.0 Å². The Kier molecular flexibility index (Phi) is 5.37. The quantitative estimate of drug-likeness (QED) is 0.607. The highest BCUT2D eigenvalue weighted by molar-refractivity contribution is 6.06. The Morgan fingerprint density at radius 3 is 2.68 bits per heavy atom. The van der Waals surface area contributed by atoms with E-state index in [0.717, 1.165) is 49.5 Å². The van der Waals surface area contributed by atoms with Crippen molar-refractivity contribution in [2.45, 2.75) is 31.8 Å². The first-order valence-corrected chi connectivity index (χ1v) is 12.1. The second-order valence-electron chi connectivity index (χ2n) is 9.61. The van der Waals surface area contributed by atoms with Crippen LogP contribution in [0.3, 0.4) is 0 Å². The molecule has 2 unspecified atom stereocenters. The van der Waals surface area contributed by atoms with Gasteiger partial charge in [0, 0.05) is 35.3 Å². The van der Waals surface area contributed by atoms with Crippen molar-refractivity contribution in [3.8, 4) is 17.2 Å². The maximum atomic E-state index is 6.10. The molecule has 1 aromatic heterocycles. The number of aromatic amines is 1. The molecule has 2 aromatic carbocycles. The number of aryl methyl sites for hydroxylation is 1. The van der Waals surface area contributed by atoms with Gasteiger partial charge in [-0.3, -0.25) is 4.90 Å². The summed E-state index contributed by atoms with van der Waals surface area (Å²) in [5.74, 6) is 2.82. The number of oxime groups is 1. The first-order chi connectivity index (χ1) is 16.6. The van der Waals surface area contributed by atoms with Crippen LogP contribution in [-0.2, 0) is 4.84 Å². The van der Waals surface area contributed by atoms with E-state index in [0.29, 0.717) is 24.0 Å².